The first kappa shape index (κ1) is 17.8. The molecule has 1 N–H and O–H groups in total. The minimum Gasteiger partial charge on any atom is -0.493 e. The molecule has 0 unspecified atom stereocenters. The van der Waals surface area contributed by atoms with Crippen molar-refractivity contribution in [3.63, 3.8) is 0 Å². The van der Waals surface area contributed by atoms with Crippen molar-refractivity contribution in [3.05, 3.63) is 59.9 Å². The maximum absolute atomic E-state index is 13.0. The molecule has 0 saturated heterocycles. The molecule has 0 heterocycles. The van der Waals surface area contributed by atoms with E-state index in [1.165, 1.54) is 12.1 Å². The fourth-order valence-electron chi connectivity index (χ4n) is 2.33. The summed E-state index contributed by atoms with van der Waals surface area (Å²) in [7, 11) is 1.56. The molecule has 0 aliphatic rings. The summed E-state index contributed by atoms with van der Waals surface area (Å²) in [6, 6.07) is 13.0. The quantitative estimate of drug-likeness (QED) is 0.838. The Morgan fingerprint density at radius 1 is 1.12 bits per heavy atom. The molecule has 0 spiro atoms. The van der Waals surface area contributed by atoms with Crippen LogP contribution in [0.5, 0.6) is 11.5 Å². The van der Waals surface area contributed by atoms with Gasteiger partial charge >= 0.3 is 0 Å². The van der Waals surface area contributed by atoms with Crippen LogP contribution in [0.15, 0.2) is 48.5 Å². The summed E-state index contributed by atoms with van der Waals surface area (Å²) in [5, 5.41) is 2.90. The summed E-state index contributed by atoms with van der Waals surface area (Å²) in [5.41, 5.74) is 0.830. The van der Waals surface area contributed by atoms with Crippen LogP contribution in [-0.2, 0) is 4.79 Å². The molecule has 0 radical (unpaired) electrons. The highest BCUT2D eigenvalue weighted by atomic mass is 19.1. The zero-order chi connectivity index (χ0) is 17.5. The zero-order valence-corrected chi connectivity index (χ0v) is 14.1. The number of halogens is 1. The molecule has 0 aliphatic heterocycles. The van der Waals surface area contributed by atoms with Gasteiger partial charge in [0.2, 0.25) is 0 Å². The van der Waals surface area contributed by atoms with Gasteiger partial charge < -0.3 is 14.8 Å². The number of carbonyl (C=O) groups is 1. The number of rotatable bonds is 7. The fraction of sp³-hybridized carbons (Fsp3) is 0.316. The van der Waals surface area contributed by atoms with E-state index < -0.39 is 6.10 Å². The van der Waals surface area contributed by atoms with E-state index >= 15 is 0 Å². The Morgan fingerprint density at radius 3 is 2.33 bits per heavy atom. The molecule has 2 atom stereocenters. The molecule has 2 aromatic rings. The number of nitrogens with one attached hydrogen (secondary N) is 1. The van der Waals surface area contributed by atoms with E-state index in [1.54, 1.807) is 31.4 Å². The first-order chi connectivity index (χ1) is 11.5. The number of hydrogen-bond donors (Lipinski definition) is 1. The van der Waals surface area contributed by atoms with Crippen LogP contribution >= 0.6 is 0 Å². The Kier molecular flexibility index (Phi) is 6.18. The number of carbonyl (C=O) groups excluding carboxylic acids is 1. The van der Waals surface area contributed by atoms with E-state index in [4.69, 9.17) is 9.47 Å². The van der Waals surface area contributed by atoms with E-state index in [2.05, 4.69) is 5.32 Å². The molecule has 0 fully saturated rings. The third-order valence-electron chi connectivity index (χ3n) is 3.73. The van der Waals surface area contributed by atoms with E-state index in [9.17, 15) is 9.18 Å². The first-order valence-corrected chi connectivity index (χ1v) is 7.90. The molecule has 0 aromatic heterocycles. The minimum atomic E-state index is -0.635. The number of methoxy groups -OCH3 is 1. The maximum atomic E-state index is 13.0. The van der Waals surface area contributed by atoms with Gasteiger partial charge in [-0.2, -0.15) is 0 Å². The lowest BCUT2D eigenvalue weighted by molar-refractivity contribution is -0.128. The van der Waals surface area contributed by atoms with Crippen molar-refractivity contribution in [1.82, 2.24) is 5.32 Å². The molecule has 2 aromatic carbocycles. The number of ether oxygens (including phenoxy) is 2. The topological polar surface area (TPSA) is 47.6 Å². The van der Waals surface area contributed by atoms with Crippen molar-refractivity contribution < 1.29 is 18.7 Å². The molecule has 0 bridgehead atoms. The molecule has 0 saturated carbocycles. The van der Waals surface area contributed by atoms with Gasteiger partial charge in [0.25, 0.3) is 5.91 Å². The largest absolute Gasteiger partial charge is 0.493 e. The average molecular weight is 331 g/mol. The third kappa shape index (κ3) is 4.47. The molecule has 1 amide bonds. The van der Waals surface area contributed by atoms with Crippen LogP contribution in [0, 0.1) is 5.82 Å². The van der Waals surface area contributed by atoms with Gasteiger partial charge in [-0.15, -0.1) is 0 Å². The Bertz CT molecular complexity index is 673. The Morgan fingerprint density at radius 2 is 1.75 bits per heavy atom. The van der Waals surface area contributed by atoms with Crippen LogP contribution in [0.3, 0.4) is 0 Å². The number of benzene rings is 2. The van der Waals surface area contributed by atoms with Crippen LogP contribution in [0.25, 0.3) is 0 Å². The molecule has 128 valence electrons. The molecule has 2 rings (SSSR count). The van der Waals surface area contributed by atoms with Gasteiger partial charge in [0.1, 0.15) is 5.82 Å². The van der Waals surface area contributed by atoms with Crippen LogP contribution in [-0.4, -0.2) is 19.1 Å². The standard InChI is InChI=1S/C19H22FNO3/c1-4-16(24-18-8-6-5-7-17(18)23-3)19(22)21-13(2)14-9-11-15(20)12-10-14/h5-13,16H,4H2,1-3H3,(H,21,22)/t13-,16+/m0/s1. The maximum Gasteiger partial charge on any atom is 0.261 e. The van der Waals surface area contributed by atoms with Crippen LogP contribution < -0.4 is 14.8 Å². The minimum absolute atomic E-state index is 0.222. The van der Waals surface area contributed by atoms with Crippen molar-refractivity contribution in [3.8, 4) is 11.5 Å². The molecule has 5 heteroatoms. The van der Waals surface area contributed by atoms with Gasteiger partial charge in [-0.05, 0) is 43.2 Å². The van der Waals surface area contributed by atoms with Gasteiger partial charge in [0.05, 0.1) is 13.2 Å². The molecule has 0 aliphatic carbocycles. The smallest absolute Gasteiger partial charge is 0.261 e. The van der Waals surface area contributed by atoms with E-state index in [0.717, 1.165) is 5.56 Å². The lowest BCUT2D eigenvalue weighted by Crippen LogP contribution is -2.39. The molecular weight excluding hydrogens is 309 g/mol. The predicted octanol–water partition coefficient (Wildman–Crippen LogP) is 3.87. The van der Waals surface area contributed by atoms with Crippen molar-refractivity contribution in [1.29, 1.82) is 0 Å². The second kappa shape index (κ2) is 8.34. The molecule has 24 heavy (non-hydrogen) atoms. The fourth-order valence-corrected chi connectivity index (χ4v) is 2.33. The van der Waals surface area contributed by atoms with E-state index in [-0.39, 0.29) is 17.8 Å². The number of hydrogen-bond acceptors (Lipinski definition) is 3. The summed E-state index contributed by atoms with van der Waals surface area (Å²) < 4.78 is 24.0. The Labute approximate surface area is 141 Å². The van der Waals surface area contributed by atoms with E-state index in [1.807, 2.05) is 26.0 Å². The third-order valence-corrected chi connectivity index (χ3v) is 3.73. The van der Waals surface area contributed by atoms with Crippen molar-refractivity contribution in [2.24, 2.45) is 0 Å². The van der Waals surface area contributed by atoms with Crippen molar-refractivity contribution in [2.45, 2.75) is 32.4 Å². The average Bonchev–Trinajstić information content (AvgIpc) is 2.60. The highest BCUT2D eigenvalue weighted by Crippen LogP contribution is 2.27. The van der Waals surface area contributed by atoms with Crippen LogP contribution in [0.1, 0.15) is 31.9 Å². The normalized spacial score (nSPS) is 13.0. The summed E-state index contributed by atoms with van der Waals surface area (Å²) in [4.78, 5) is 12.5. The number of amides is 1. The molecule has 4 nitrogen and oxygen atoms in total. The van der Waals surface area contributed by atoms with E-state index in [0.29, 0.717) is 17.9 Å². The van der Waals surface area contributed by atoms with Gasteiger partial charge in [-0.3, -0.25) is 4.79 Å². The van der Waals surface area contributed by atoms with Gasteiger partial charge in [-0.25, -0.2) is 4.39 Å². The molecular formula is C19H22FNO3. The summed E-state index contributed by atoms with van der Waals surface area (Å²) >= 11 is 0. The van der Waals surface area contributed by atoms with Crippen LogP contribution in [0.4, 0.5) is 4.39 Å². The first-order valence-electron chi connectivity index (χ1n) is 7.90. The predicted molar refractivity (Wildman–Crippen MR) is 90.7 cm³/mol. The van der Waals surface area contributed by atoms with Gasteiger partial charge in [-0.1, -0.05) is 31.2 Å². The second-order valence-electron chi connectivity index (χ2n) is 5.45. The van der Waals surface area contributed by atoms with Crippen molar-refractivity contribution in [2.75, 3.05) is 7.11 Å². The van der Waals surface area contributed by atoms with Crippen molar-refractivity contribution >= 4 is 5.91 Å². The second-order valence-corrected chi connectivity index (χ2v) is 5.45. The van der Waals surface area contributed by atoms with Gasteiger partial charge in [0.15, 0.2) is 17.6 Å². The monoisotopic (exact) mass is 331 g/mol. The SMILES string of the molecule is CC[C@@H](Oc1ccccc1OC)C(=O)N[C@@H](C)c1ccc(F)cc1. The zero-order valence-electron chi connectivity index (χ0n) is 14.1. The lowest BCUT2D eigenvalue weighted by Gasteiger charge is -2.21. The number of para-hydroxylation sites is 2. The highest BCUT2D eigenvalue weighted by Gasteiger charge is 2.22. The Balaban J connectivity index is 2.04. The Hall–Kier alpha value is -2.56. The highest BCUT2D eigenvalue weighted by molar-refractivity contribution is 5.81. The summed E-state index contributed by atoms with van der Waals surface area (Å²) in [5.74, 6) is 0.579. The van der Waals surface area contributed by atoms with Gasteiger partial charge in [0, 0.05) is 0 Å². The summed E-state index contributed by atoms with van der Waals surface area (Å²) in [6.07, 6.45) is -0.121. The lowest BCUT2D eigenvalue weighted by atomic mass is 10.1. The summed E-state index contributed by atoms with van der Waals surface area (Å²) in [6.45, 7) is 3.73. The van der Waals surface area contributed by atoms with Crippen LogP contribution in [0.2, 0.25) is 0 Å².